The van der Waals surface area contributed by atoms with Crippen LogP contribution < -0.4 is 10.4 Å². The highest BCUT2D eigenvalue weighted by Crippen LogP contribution is 2.48. The Kier molecular flexibility index (Phi) is 7.09. The van der Waals surface area contributed by atoms with Gasteiger partial charge in [0, 0.05) is 23.1 Å². The standard InChI is InChI=1S/C22H20Cl3F3N4O/c23-14-6-4-13(5-7-14)20-18(22(26,27)28)19(21(33)30-31-10-2-1-3-11-31)29-32(20)17-9-8-15(24)12-16(17)25/h4-9,12,18,20H,1-3,10-11H2,(H,30,33). The normalized spacial score (nSPS) is 21.8. The largest absolute Gasteiger partial charge is 0.399 e. The van der Waals surface area contributed by atoms with Gasteiger partial charge in [0.15, 0.2) is 0 Å². The van der Waals surface area contributed by atoms with E-state index in [0.29, 0.717) is 23.1 Å². The zero-order chi connectivity index (χ0) is 23.8. The number of rotatable bonds is 4. The maximum Gasteiger partial charge on any atom is 0.399 e. The third-order valence-corrected chi connectivity index (χ3v) is 6.45. The van der Waals surface area contributed by atoms with E-state index in [1.165, 1.54) is 42.5 Å². The lowest BCUT2D eigenvalue weighted by atomic mass is 9.88. The molecule has 0 bridgehead atoms. The SMILES string of the molecule is O=C(NN1CCCCC1)C1=NN(c2ccc(Cl)cc2Cl)C(c2ccc(Cl)cc2)C1C(F)(F)F. The van der Waals surface area contributed by atoms with E-state index in [-0.39, 0.29) is 16.3 Å². The Morgan fingerprint density at radius 1 is 0.970 bits per heavy atom. The van der Waals surface area contributed by atoms with Gasteiger partial charge in [0.1, 0.15) is 11.6 Å². The van der Waals surface area contributed by atoms with Crippen molar-refractivity contribution in [2.45, 2.75) is 31.5 Å². The number of hydrazine groups is 1. The molecule has 0 radical (unpaired) electrons. The molecule has 0 saturated carbocycles. The predicted molar refractivity (Wildman–Crippen MR) is 124 cm³/mol. The van der Waals surface area contributed by atoms with Crippen molar-refractivity contribution in [3.05, 3.63) is 63.1 Å². The van der Waals surface area contributed by atoms with E-state index < -0.39 is 29.8 Å². The van der Waals surface area contributed by atoms with Gasteiger partial charge in [0.25, 0.3) is 5.91 Å². The van der Waals surface area contributed by atoms with Gasteiger partial charge in [-0.1, -0.05) is 53.4 Å². The molecule has 4 rings (SSSR count). The van der Waals surface area contributed by atoms with Gasteiger partial charge in [-0.3, -0.25) is 15.2 Å². The molecule has 0 spiro atoms. The van der Waals surface area contributed by atoms with Crippen molar-refractivity contribution in [1.82, 2.24) is 10.4 Å². The fourth-order valence-corrected chi connectivity index (χ4v) is 4.74. The molecule has 2 aromatic carbocycles. The number of nitrogens with zero attached hydrogens (tertiary/aromatic N) is 3. The van der Waals surface area contributed by atoms with Crippen LogP contribution in [0, 0.1) is 5.92 Å². The van der Waals surface area contributed by atoms with E-state index in [9.17, 15) is 18.0 Å². The summed E-state index contributed by atoms with van der Waals surface area (Å²) in [6, 6.07) is 9.02. The summed E-state index contributed by atoms with van der Waals surface area (Å²) in [5.41, 5.74) is 2.47. The smallest absolute Gasteiger partial charge is 0.284 e. The second-order valence-corrected chi connectivity index (χ2v) is 9.21. The first kappa shape index (κ1) is 24.1. The number of hydrogen-bond donors (Lipinski definition) is 1. The molecule has 1 N–H and O–H groups in total. The molecule has 1 fully saturated rings. The highest BCUT2D eigenvalue weighted by molar-refractivity contribution is 6.41. The van der Waals surface area contributed by atoms with Crippen LogP contribution in [0.5, 0.6) is 0 Å². The minimum atomic E-state index is -4.75. The summed E-state index contributed by atoms with van der Waals surface area (Å²) >= 11 is 18.3. The van der Waals surface area contributed by atoms with Gasteiger partial charge >= 0.3 is 6.18 Å². The Bertz CT molecular complexity index is 1060. The van der Waals surface area contributed by atoms with Crippen molar-refractivity contribution in [3.63, 3.8) is 0 Å². The molecule has 2 heterocycles. The predicted octanol–water partition coefficient (Wildman–Crippen LogP) is 6.26. The number of alkyl halides is 3. The number of anilines is 1. The zero-order valence-corrected chi connectivity index (χ0v) is 19.5. The molecule has 2 aliphatic heterocycles. The number of hydrazone groups is 1. The van der Waals surface area contributed by atoms with Crippen molar-refractivity contribution in [1.29, 1.82) is 0 Å². The summed E-state index contributed by atoms with van der Waals surface area (Å²) in [6.07, 6.45) is -2.03. The Morgan fingerprint density at radius 2 is 1.61 bits per heavy atom. The molecule has 0 aromatic heterocycles. The number of halogens is 6. The van der Waals surface area contributed by atoms with E-state index in [4.69, 9.17) is 34.8 Å². The Morgan fingerprint density at radius 3 is 2.21 bits per heavy atom. The number of nitrogens with one attached hydrogen (secondary N) is 1. The molecule has 2 unspecified atom stereocenters. The van der Waals surface area contributed by atoms with Crippen molar-refractivity contribution < 1.29 is 18.0 Å². The maximum atomic E-state index is 14.4. The topological polar surface area (TPSA) is 47.9 Å². The molecule has 33 heavy (non-hydrogen) atoms. The Labute approximate surface area is 204 Å². The maximum absolute atomic E-state index is 14.4. The van der Waals surface area contributed by atoms with Gasteiger partial charge in [-0.2, -0.15) is 18.3 Å². The molecule has 1 saturated heterocycles. The molecule has 2 aromatic rings. The fourth-order valence-electron chi connectivity index (χ4n) is 4.12. The number of carbonyl (C=O) groups excluding carboxylic acids is 1. The third kappa shape index (κ3) is 5.24. The number of carbonyl (C=O) groups is 1. The van der Waals surface area contributed by atoms with Crippen LogP contribution >= 0.6 is 34.8 Å². The lowest BCUT2D eigenvalue weighted by molar-refractivity contribution is -0.160. The van der Waals surface area contributed by atoms with Crippen LogP contribution in [-0.2, 0) is 4.79 Å². The summed E-state index contributed by atoms with van der Waals surface area (Å²) in [4.78, 5) is 13.0. The molecule has 2 aliphatic rings. The van der Waals surface area contributed by atoms with Gasteiger partial charge in [-0.05, 0) is 48.7 Å². The zero-order valence-electron chi connectivity index (χ0n) is 17.2. The summed E-state index contributed by atoms with van der Waals surface area (Å²) < 4.78 is 43.3. The van der Waals surface area contributed by atoms with Crippen LogP contribution in [-0.4, -0.2) is 35.9 Å². The summed E-state index contributed by atoms with van der Waals surface area (Å²) in [7, 11) is 0. The molecule has 1 amide bonds. The second kappa shape index (κ2) is 9.70. The summed E-state index contributed by atoms with van der Waals surface area (Å²) in [5, 5.41) is 7.77. The third-order valence-electron chi connectivity index (χ3n) is 5.66. The van der Waals surface area contributed by atoms with Crippen LogP contribution in [0.3, 0.4) is 0 Å². The number of amides is 1. The van der Waals surface area contributed by atoms with E-state index in [1.807, 2.05) is 0 Å². The van der Waals surface area contributed by atoms with Crippen molar-refractivity contribution in [2.75, 3.05) is 18.1 Å². The van der Waals surface area contributed by atoms with Crippen molar-refractivity contribution in [3.8, 4) is 0 Å². The Balaban J connectivity index is 1.79. The highest BCUT2D eigenvalue weighted by atomic mass is 35.5. The van der Waals surface area contributed by atoms with E-state index in [1.54, 1.807) is 5.01 Å². The van der Waals surface area contributed by atoms with Gasteiger partial charge in [-0.15, -0.1) is 0 Å². The monoisotopic (exact) mass is 518 g/mol. The molecular formula is C22H20Cl3F3N4O. The van der Waals surface area contributed by atoms with E-state index in [2.05, 4.69) is 10.5 Å². The number of piperidine rings is 1. The molecule has 5 nitrogen and oxygen atoms in total. The van der Waals surface area contributed by atoms with Crippen molar-refractivity contribution >= 4 is 52.1 Å². The first-order chi connectivity index (χ1) is 15.6. The first-order valence-corrected chi connectivity index (χ1v) is 11.5. The minimum Gasteiger partial charge on any atom is -0.284 e. The molecule has 0 aliphatic carbocycles. The van der Waals surface area contributed by atoms with Gasteiger partial charge in [-0.25, -0.2) is 5.01 Å². The molecule has 176 valence electrons. The number of hydrogen-bond acceptors (Lipinski definition) is 4. The second-order valence-electron chi connectivity index (χ2n) is 7.93. The van der Waals surface area contributed by atoms with Crippen LogP contribution in [0.15, 0.2) is 47.6 Å². The number of benzene rings is 2. The van der Waals surface area contributed by atoms with E-state index >= 15 is 0 Å². The van der Waals surface area contributed by atoms with Crippen molar-refractivity contribution in [2.24, 2.45) is 11.0 Å². The average Bonchev–Trinajstić information content (AvgIpc) is 3.16. The lowest BCUT2D eigenvalue weighted by Gasteiger charge is -2.30. The van der Waals surface area contributed by atoms with Gasteiger partial charge in [0.2, 0.25) is 0 Å². The van der Waals surface area contributed by atoms with Crippen LogP contribution in [0.4, 0.5) is 18.9 Å². The molecule has 2 atom stereocenters. The molecular weight excluding hydrogens is 500 g/mol. The van der Waals surface area contributed by atoms with E-state index in [0.717, 1.165) is 24.3 Å². The average molecular weight is 520 g/mol. The fraction of sp³-hybridized carbons (Fsp3) is 0.364. The minimum absolute atomic E-state index is 0.115. The lowest BCUT2D eigenvalue weighted by Crippen LogP contribution is -2.50. The van der Waals surface area contributed by atoms with Crippen LogP contribution in [0.2, 0.25) is 15.1 Å². The molecule has 11 heteroatoms. The first-order valence-electron chi connectivity index (χ1n) is 10.4. The van der Waals surface area contributed by atoms with Crippen LogP contribution in [0.1, 0.15) is 30.9 Å². The summed E-state index contributed by atoms with van der Waals surface area (Å²) in [6.45, 7) is 1.14. The summed E-state index contributed by atoms with van der Waals surface area (Å²) in [5.74, 6) is -3.07. The van der Waals surface area contributed by atoms with Gasteiger partial charge < -0.3 is 0 Å². The Hall–Kier alpha value is -2.00. The van der Waals surface area contributed by atoms with Gasteiger partial charge in [0.05, 0.1) is 16.8 Å². The quantitative estimate of drug-likeness (QED) is 0.519. The highest BCUT2D eigenvalue weighted by Gasteiger charge is 2.56. The van der Waals surface area contributed by atoms with Crippen LogP contribution in [0.25, 0.3) is 0 Å².